The van der Waals surface area contributed by atoms with E-state index < -0.39 is 40.2 Å². The van der Waals surface area contributed by atoms with Gasteiger partial charge in [-0.25, -0.2) is 8.78 Å². The highest BCUT2D eigenvalue weighted by atomic mass is 19.1. The fourth-order valence-electron chi connectivity index (χ4n) is 1.63. The van der Waals surface area contributed by atoms with Gasteiger partial charge in [-0.2, -0.15) is 0 Å². The number of hydrogen-bond acceptors (Lipinski definition) is 3. The quantitative estimate of drug-likeness (QED) is 0.710. The molecule has 5 N–H and O–H groups in total. The van der Waals surface area contributed by atoms with Gasteiger partial charge in [-0.05, 0) is 26.0 Å². The molecule has 0 atom stereocenters. The Morgan fingerprint density at radius 1 is 1.32 bits per heavy atom. The van der Waals surface area contributed by atoms with Gasteiger partial charge in [0, 0.05) is 12.0 Å². The highest BCUT2D eigenvalue weighted by molar-refractivity contribution is 5.96. The third-order valence-electron chi connectivity index (χ3n) is 2.38. The van der Waals surface area contributed by atoms with Gasteiger partial charge in [0.25, 0.3) is 5.91 Å². The Morgan fingerprint density at radius 3 is 2.42 bits per heavy atom. The second-order valence-electron chi connectivity index (χ2n) is 4.84. The van der Waals surface area contributed by atoms with Crippen LogP contribution in [0.5, 0.6) is 0 Å². The number of anilines is 1. The van der Waals surface area contributed by atoms with E-state index in [2.05, 4.69) is 5.32 Å². The monoisotopic (exact) mass is 271 g/mol. The molecule has 0 aliphatic heterocycles. The van der Waals surface area contributed by atoms with Crippen molar-refractivity contribution < 1.29 is 18.4 Å². The SMILES string of the molecule is CC(C)(CC(N)=O)NC(=O)c1cc(F)cc(N)c1F. The lowest BCUT2D eigenvalue weighted by Gasteiger charge is -2.25. The van der Waals surface area contributed by atoms with Crippen LogP contribution in [-0.4, -0.2) is 17.4 Å². The lowest BCUT2D eigenvalue weighted by molar-refractivity contribution is -0.119. The second kappa shape index (κ2) is 5.21. The maximum atomic E-state index is 13.6. The van der Waals surface area contributed by atoms with Crippen LogP contribution >= 0.6 is 0 Å². The van der Waals surface area contributed by atoms with Gasteiger partial charge in [0.05, 0.1) is 11.3 Å². The van der Waals surface area contributed by atoms with Crippen LogP contribution in [0.1, 0.15) is 30.6 Å². The molecule has 7 heteroatoms. The Kier molecular flexibility index (Phi) is 4.08. The summed E-state index contributed by atoms with van der Waals surface area (Å²) in [4.78, 5) is 22.7. The van der Waals surface area contributed by atoms with Crippen molar-refractivity contribution in [1.29, 1.82) is 0 Å². The first kappa shape index (κ1) is 14.9. The molecule has 104 valence electrons. The van der Waals surface area contributed by atoms with Gasteiger partial charge in [-0.1, -0.05) is 0 Å². The van der Waals surface area contributed by atoms with Crippen molar-refractivity contribution in [2.24, 2.45) is 5.73 Å². The minimum absolute atomic E-state index is 0.134. The van der Waals surface area contributed by atoms with Crippen molar-refractivity contribution in [3.63, 3.8) is 0 Å². The molecule has 0 aliphatic rings. The first-order valence-corrected chi connectivity index (χ1v) is 5.48. The van der Waals surface area contributed by atoms with E-state index in [-0.39, 0.29) is 6.42 Å². The molecule has 0 aliphatic carbocycles. The van der Waals surface area contributed by atoms with Gasteiger partial charge < -0.3 is 16.8 Å². The summed E-state index contributed by atoms with van der Waals surface area (Å²) in [6, 6.07) is 1.52. The van der Waals surface area contributed by atoms with Crippen LogP contribution < -0.4 is 16.8 Å². The van der Waals surface area contributed by atoms with E-state index in [0.29, 0.717) is 0 Å². The van der Waals surface area contributed by atoms with Crippen LogP contribution in [-0.2, 0) is 4.79 Å². The van der Waals surface area contributed by atoms with Crippen molar-refractivity contribution in [3.05, 3.63) is 29.3 Å². The average molecular weight is 271 g/mol. The number of benzene rings is 1. The van der Waals surface area contributed by atoms with E-state index in [1.807, 2.05) is 0 Å². The summed E-state index contributed by atoms with van der Waals surface area (Å²) in [6.45, 7) is 3.08. The molecule has 0 aromatic heterocycles. The molecule has 0 radical (unpaired) electrons. The lowest BCUT2D eigenvalue weighted by Crippen LogP contribution is -2.46. The molecular formula is C12H15F2N3O2. The summed E-state index contributed by atoms with van der Waals surface area (Å²) in [5.41, 5.74) is 8.31. The molecule has 1 aromatic rings. The van der Waals surface area contributed by atoms with Crippen molar-refractivity contribution in [2.75, 3.05) is 5.73 Å². The minimum atomic E-state index is -1.01. The number of rotatable bonds is 4. The van der Waals surface area contributed by atoms with Crippen LogP contribution in [0, 0.1) is 11.6 Å². The largest absolute Gasteiger partial charge is 0.396 e. The van der Waals surface area contributed by atoms with Crippen LogP contribution in [0.2, 0.25) is 0 Å². The molecule has 0 spiro atoms. The number of hydrogen-bond donors (Lipinski definition) is 3. The second-order valence-corrected chi connectivity index (χ2v) is 4.84. The molecular weight excluding hydrogens is 256 g/mol. The van der Waals surface area contributed by atoms with Crippen molar-refractivity contribution in [2.45, 2.75) is 25.8 Å². The molecule has 5 nitrogen and oxygen atoms in total. The number of halogens is 2. The summed E-state index contributed by atoms with van der Waals surface area (Å²) in [6.07, 6.45) is -0.134. The predicted octanol–water partition coefficient (Wildman–Crippen LogP) is 0.931. The summed E-state index contributed by atoms with van der Waals surface area (Å²) in [5.74, 6) is -3.31. The maximum absolute atomic E-state index is 13.6. The molecule has 0 bridgehead atoms. The smallest absolute Gasteiger partial charge is 0.254 e. The first-order valence-electron chi connectivity index (χ1n) is 5.48. The van der Waals surface area contributed by atoms with Gasteiger partial charge in [0.1, 0.15) is 5.82 Å². The Hall–Kier alpha value is -2.18. The highest BCUT2D eigenvalue weighted by Crippen LogP contribution is 2.18. The minimum Gasteiger partial charge on any atom is -0.396 e. The third kappa shape index (κ3) is 3.90. The van der Waals surface area contributed by atoms with Gasteiger partial charge in [-0.3, -0.25) is 9.59 Å². The first-order chi connectivity index (χ1) is 8.62. The summed E-state index contributed by atoms with van der Waals surface area (Å²) in [5, 5.41) is 2.40. The maximum Gasteiger partial charge on any atom is 0.254 e. The van der Waals surface area contributed by atoms with Crippen LogP contribution in [0.4, 0.5) is 14.5 Å². The zero-order chi connectivity index (χ0) is 14.8. The molecule has 0 fully saturated rings. The zero-order valence-electron chi connectivity index (χ0n) is 10.6. The standard InChI is InChI=1S/C12H15F2N3O2/c1-12(2,5-9(16)18)17-11(19)7-3-6(13)4-8(15)10(7)14/h3-4H,5,15H2,1-2H3,(H2,16,18)(H,17,19). The molecule has 0 heterocycles. The predicted molar refractivity (Wildman–Crippen MR) is 66.1 cm³/mol. The number of carbonyl (C=O) groups is 2. The fourth-order valence-corrected chi connectivity index (χ4v) is 1.63. The zero-order valence-corrected chi connectivity index (χ0v) is 10.6. The highest BCUT2D eigenvalue weighted by Gasteiger charge is 2.25. The number of nitrogen functional groups attached to an aromatic ring is 1. The molecule has 19 heavy (non-hydrogen) atoms. The number of amides is 2. The van der Waals surface area contributed by atoms with E-state index >= 15 is 0 Å². The van der Waals surface area contributed by atoms with Crippen molar-refractivity contribution in [3.8, 4) is 0 Å². The number of nitrogens with two attached hydrogens (primary N) is 2. The molecule has 0 unspecified atom stereocenters. The van der Waals surface area contributed by atoms with Crippen molar-refractivity contribution in [1.82, 2.24) is 5.32 Å². The molecule has 0 saturated carbocycles. The summed E-state index contributed by atoms with van der Waals surface area (Å²) < 4.78 is 26.7. The number of primary amides is 1. The van der Waals surface area contributed by atoms with E-state index in [1.165, 1.54) is 13.8 Å². The van der Waals surface area contributed by atoms with E-state index in [0.717, 1.165) is 12.1 Å². The van der Waals surface area contributed by atoms with E-state index in [1.54, 1.807) is 0 Å². The molecule has 1 aromatic carbocycles. The Bertz CT molecular complexity index is 530. The molecule has 2 amide bonds. The average Bonchev–Trinajstić information content (AvgIpc) is 2.20. The molecule has 1 rings (SSSR count). The number of carbonyl (C=O) groups excluding carboxylic acids is 2. The van der Waals surface area contributed by atoms with Crippen LogP contribution in [0.25, 0.3) is 0 Å². The van der Waals surface area contributed by atoms with Gasteiger partial charge >= 0.3 is 0 Å². The Balaban J connectivity index is 2.99. The Morgan fingerprint density at radius 2 is 1.89 bits per heavy atom. The number of nitrogens with one attached hydrogen (secondary N) is 1. The fraction of sp³-hybridized carbons (Fsp3) is 0.333. The topological polar surface area (TPSA) is 98.2 Å². The summed E-state index contributed by atoms with van der Waals surface area (Å²) in [7, 11) is 0. The lowest BCUT2D eigenvalue weighted by atomic mass is 9.99. The van der Waals surface area contributed by atoms with Crippen LogP contribution in [0.15, 0.2) is 12.1 Å². The molecule has 0 saturated heterocycles. The van der Waals surface area contributed by atoms with Crippen LogP contribution in [0.3, 0.4) is 0 Å². The van der Waals surface area contributed by atoms with Gasteiger partial charge in [0.15, 0.2) is 5.82 Å². The Labute approximate surface area is 109 Å². The van der Waals surface area contributed by atoms with Crippen molar-refractivity contribution >= 4 is 17.5 Å². The van der Waals surface area contributed by atoms with Gasteiger partial charge in [0.2, 0.25) is 5.91 Å². The van der Waals surface area contributed by atoms with Gasteiger partial charge in [-0.15, -0.1) is 0 Å². The van der Waals surface area contributed by atoms with E-state index in [9.17, 15) is 18.4 Å². The third-order valence-corrected chi connectivity index (χ3v) is 2.38. The van der Waals surface area contributed by atoms with E-state index in [4.69, 9.17) is 11.5 Å². The summed E-state index contributed by atoms with van der Waals surface area (Å²) >= 11 is 0. The normalized spacial score (nSPS) is 11.2.